The van der Waals surface area contributed by atoms with Gasteiger partial charge in [-0.3, -0.25) is 0 Å². The molecular formula is C34H32N4. The van der Waals surface area contributed by atoms with E-state index in [-0.39, 0.29) is 12.0 Å². The summed E-state index contributed by atoms with van der Waals surface area (Å²) in [5.74, 6) is -0.192. The quantitative estimate of drug-likeness (QED) is 0.236. The number of hydrogen-bond donors (Lipinski definition) is 4. The van der Waals surface area contributed by atoms with Crippen molar-refractivity contribution in [1.82, 2.24) is 0 Å². The number of nitrogens with two attached hydrogens (primary N) is 3. The van der Waals surface area contributed by atoms with Gasteiger partial charge in [-0.2, -0.15) is 0 Å². The van der Waals surface area contributed by atoms with E-state index in [1.165, 1.54) is 0 Å². The average molecular weight is 497 g/mol. The summed E-state index contributed by atoms with van der Waals surface area (Å²) in [5.41, 5.74) is 25.9. The zero-order chi connectivity index (χ0) is 26.5. The van der Waals surface area contributed by atoms with Crippen LogP contribution in [0, 0.1) is 11.3 Å². The van der Waals surface area contributed by atoms with Gasteiger partial charge in [0.25, 0.3) is 0 Å². The lowest BCUT2D eigenvalue weighted by Crippen LogP contribution is -2.37. The number of hydrogen-bond acceptors (Lipinski definition) is 4. The molecule has 1 aliphatic carbocycles. The standard InChI is InChI=1S/C34H32N4/c35-31-17-8-7-16-30(31)33(37)27-12-9-15-29(22-27)34(38,28-13-5-2-6-14-28)23-32(36)26-20-18-25(19-21-26)24-10-3-1-4-11-24/h1-23,30-31,37H,35-36,38H2/b32-23-,37-33?. The lowest BCUT2D eigenvalue weighted by atomic mass is 9.80. The van der Waals surface area contributed by atoms with Gasteiger partial charge in [-0.25, -0.2) is 0 Å². The zero-order valence-corrected chi connectivity index (χ0v) is 21.2. The molecule has 4 aromatic rings. The van der Waals surface area contributed by atoms with Gasteiger partial charge in [0.1, 0.15) is 0 Å². The van der Waals surface area contributed by atoms with Crippen LogP contribution >= 0.6 is 0 Å². The fourth-order valence-corrected chi connectivity index (χ4v) is 4.91. The maximum absolute atomic E-state index is 8.88. The summed E-state index contributed by atoms with van der Waals surface area (Å²) in [6, 6.07) is 36.0. The number of nitrogens with one attached hydrogen (secondary N) is 1. The van der Waals surface area contributed by atoms with E-state index >= 15 is 0 Å². The Morgan fingerprint density at radius 3 is 1.97 bits per heavy atom. The first-order valence-electron chi connectivity index (χ1n) is 12.7. The number of allylic oxidation sites excluding steroid dienone is 2. The van der Waals surface area contributed by atoms with E-state index in [0.29, 0.717) is 11.4 Å². The zero-order valence-electron chi connectivity index (χ0n) is 21.2. The fraction of sp³-hybridized carbons (Fsp3) is 0.0882. The largest absolute Gasteiger partial charge is 0.398 e. The third-order valence-electron chi connectivity index (χ3n) is 7.12. The molecule has 5 rings (SSSR count). The van der Waals surface area contributed by atoms with E-state index in [9.17, 15) is 0 Å². The van der Waals surface area contributed by atoms with Gasteiger partial charge in [-0.05, 0) is 45.5 Å². The Morgan fingerprint density at radius 2 is 1.29 bits per heavy atom. The highest BCUT2D eigenvalue weighted by molar-refractivity contribution is 6.02. The second-order valence-corrected chi connectivity index (χ2v) is 9.65. The predicted octanol–water partition coefficient (Wildman–Crippen LogP) is 5.99. The van der Waals surface area contributed by atoms with Crippen molar-refractivity contribution in [3.8, 4) is 11.1 Å². The molecule has 3 unspecified atom stereocenters. The molecule has 0 amide bonds. The highest BCUT2D eigenvalue weighted by Gasteiger charge is 2.29. The molecule has 0 aliphatic heterocycles. The minimum Gasteiger partial charge on any atom is -0.398 e. The van der Waals surface area contributed by atoms with Crippen molar-refractivity contribution in [3.05, 3.63) is 162 Å². The maximum Gasteiger partial charge on any atom is 0.0875 e. The Labute approximate surface area is 224 Å². The minimum absolute atomic E-state index is 0.192. The molecule has 38 heavy (non-hydrogen) atoms. The molecule has 0 heterocycles. The Balaban J connectivity index is 1.53. The molecule has 1 aliphatic rings. The van der Waals surface area contributed by atoms with Crippen molar-refractivity contribution in [1.29, 1.82) is 5.41 Å². The fourth-order valence-electron chi connectivity index (χ4n) is 4.91. The summed E-state index contributed by atoms with van der Waals surface area (Å²) in [7, 11) is 0. The van der Waals surface area contributed by atoms with E-state index in [4.69, 9.17) is 22.6 Å². The van der Waals surface area contributed by atoms with E-state index in [1.54, 1.807) is 0 Å². The van der Waals surface area contributed by atoms with E-state index in [2.05, 4.69) is 24.3 Å². The molecule has 0 spiro atoms. The molecule has 0 radical (unpaired) electrons. The van der Waals surface area contributed by atoms with Gasteiger partial charge in [0.2, 0.25) is 0 Å². The number of benzene rings is 4. The van der Waals surface area contributed by atoms with Gasteiger partial charge in [-0.1, -0.05) is 127 Å². The molecule has 0 bridgehead atoms. The third-order valence-corrected chi connectivity index (χ3v) is 7.12. The highest BCUT2D eigenvalue weighted by atomic mass is 14.8. The van der Waals surface area contributed by atoms with Crippen LogP contribution in [0.4, 0.5) is 0 Å². The molecule has 188 valence electrons. The SMILES string of the molecule is N=C(c1cccc(C(N)(/C=C(\N)c2ccc(-c3ccccc3)cc2)c2ccccc2)c1)C1C=CC=CC1N. The molecular weight excluding hydrogens is 464 g/mol. The minimum atomic E-state index is -1.01. The van der Waals surface area contributed by atoms with Crippen LogP contribution < -0.4 is 17.2 Å². The molecule has 4 aromatic carbocycles. The summed E-state index contributed by atoms with van der Waals surface area (Å²) in [6.45, 7) is 0. The summed E-state index contributed by atoms with van der Waals surface area (Å²) in [6.07, 6.45) is 9.68. The van der Waals surface area contributed by atoms with Crippen LogP contribution in [0.5, 0.6) is 0 Å². The van der Waals surface area contributed by atoms with Gasteiger partial charge in [-0.15, -0.1) is 0 Å². The summed E-state index contributed by atoms with van der Waals surface area (Å²) in [5, 5.41) is 8.88. The molecule has 0 fully saturated rings. The second kappa shape index (κ2) is 10.9. The maximum atomic E-state index is 8.88. The third kappa shape index (κ3) is 5.14. The van der Waals surface area contributed by atoms with Crippen molar-refractivity contribution in [2.24, 2.45) is 23.1 Å². The summed E-state index contributed by atoms with van der Waals surface area (Å²) >= 11 is 0. The van der Waals surface area contributed by atoms with Crippen molar-refractivity contribution in [2.75, 3.05) is 0 Å². The van der Waals surface area contributed by atoms with E-state index in [0.717, 1.165) is 33.4 Å². The summed E-state index contributed by atoms with van der Waals surface area (Å²) in [4.78, 5) is 0. The normalized spacial score (nSPS) is 18.6. The van der Waals surface area contributed by atoms with Crippen LogP contribution in [0.1, 0.15) is 22.3 Å². The average Bonchev–Trinajstić information content (AvgIpc) is 2.98. The summed E-state index contributed by atoms with van der Waals surface area (Å²) < 4.78 is 0. The molecule has 3 atom stereocenters. The van der Waals surface area contributed by atoms with Crippen LogP contribution in [0.2, 0.25) is 0 Å². The first kappa shape index (κ1) is 25.2. The monoisotopic (exact) mass is 496 g/mol. The van der Waals surface area contributed by atoms with Crippen LogP contribution in [0.15, 0.2) is 140 Å². The molecule has 0 saturated carbocycles. The second-order valence-electron chi connectivity index (χ2n) is 9.65. The first-order valence-corrected chi connectivity index (χ1v) is 12.7. The van der Waals surface area contributed by atoms with E-state index < -0.39 is 5.54 Å². The van der Waals surface area contributed by atoms with Crippen molar-refractivity contribution < 1.29 is 0 Å². The highest BCUT2D eigenvalue weighted by Crippen LogP contribution is 2.32. The molecule has 4 heteroatoms. The van der Waals surface area contributed by atoms with Gasteiger partial charge < -0.3 is 22.6 Å². The predicted molar refractivity (Wildman–Crippen MR) is 158 cm³/mol. The molecule has 4 nitrogen and oxygen atoms in total. The van der Waals surface area contributed by atoms with Crippen molar-refractivity contribution in [2.45, 2.75) is 11.6 Å². The molecule has 0 saturated heterocycles. The Kier molecular flexibility index (Phi) is 7.18. The Morgan fingerprint density at radius 1 is 0.684 bits per heavy atom. The Bertz CT molecular complexity index is 1500. The van der Waals surface area contributed by atoms with Crippen LogP contribution in [0.3, 0.4) is 0 Å². The first-order chi connectivity index (χ1) is 18.5. The van der Waals surface area contributed by atoms with Crippen LogP contribution in [0.25, 0.3) is 16.8 Å². The van der Waals surface area contributed by atoms with Crippen molar-refractivity contribution >= 4 is 11.4 Å². The van der Waals surface area contributed by atoms with Crippen LogP contribution in [-0.2, 0) is 5.54 Å². The Hall–Kier alpha value is -4.51. The molecule has 7 N–H and O–H groups in total. The lowest BCUT2D eigenvalue weighted by Gasteiger charge is -2.29. The van der Waals surface area contributed by atoms with Gasteiger partial charge in [0, 0.05) is 23.4 Å². The van der Waals surface area contributed by atoms with E-state index in [1.807, 2.05) is 115 Å². The van der Waals surface area contributed by atoms with Crippen molar-refractivity contribution in [3.63, 3.8) is 0 Å². The number of rotatable bonds is 7. The smallest absolute Gasteiger partial charge is 0.0875 e. The topological polar surface area (TPSA) is 102 Å². The lowest BCUT2D eigenvalue weighted by molar-refractivity contribution is 0.681. The van der Waals surface area contributed by atoms with Crippen LogP contribution in [-0.4, -0.2) is 11.8 Å². The van der Waals surface area contributed by atoms with Gasteiger partial charge >= 0.3 is 0 Å². The van der Waals surface area contributed by atoms with Gasteiger partial charge in [0.05, 0.1) is 5.54 Å². The van der Waals surface area contributed by atoms with Gasteiger partial charge in [0.15, 0.2) is 0 Å². The molecule has 0 aromatic heterocycles.